The molecule has 0 saturated carbocycles. The molecule has 0 aromatic rings. The van der Waals surface area contributed by atoms with Crippen LogP contribution in [0.5, 0.6) is 0 Å². The van der Waals surface area contributed by atoms with Crippen LogP contribution in [0.1, 0.15) is 13.3 Å². The third kappa shape index (κ3) is 3.99. The summed E-state index contributed by atoms with van der Waals surface area (Å²) in [4.78, 5) is 11.1. The molecule has 19 heavy (non-hydrogen) atoms. The highest BCUT2D eigenvalue weighted by atomic mass is 16.6. The molecule has 0 radical (unpaired) electrons. The first kappa shape index (κ1) is 16.1. The van der Waals surface area contributed by atoms with Crippen LogP contribution in [0.15, 0.2) is 12.2 Å². The van der Waals surface area contributed by atoms with E-state index in [-0.39, 0.29) is 18.6 Å². The lowest BCUT2D eigenvalue weighted by atomic mass is 9.94. The second-order valence-electron chi connectivity index (χ2n) is 4.57. The summed E-state index contributed by atoms with van der Waals surface area (Å²) in [6.45, 7) is 4.43. The van der Waals surface area contributed by atoms with E-state index in [1.54, 1.807) is 0 Å². The zero-order valence-electron chi connectivity index (χ0n) is 10.7. The van der Waals surface area contributed by atoms with E-state index in [4.69, 9.17) is 14.6 Å². The molecule has 0 amide bonds. The Morgan fingerprint density at radius 1 is 1.21 bits per heavy atom. The summed E-state index contributed by atoms with van der Waals surface area (Å²) in [5, 5.41) is 37.8. The molecule has 0 aliphatic carbocycles. The van der Waals surface area contributed by atoms with Crippen LogP contribution in [-0.2, 0) is 14.3 Å². The minimum absolute atomic E-state index is 0.0195. The second-order valence-corrected chi connectivity index (χ2v) is 4.57. The van der Waals surface area contributed by atoms with E-state index < -0.39 is 43.1 Å². The van der Waals surface area contributed by atoms with Crippen LogP contribution in [0.25, 0.3) is 0 Å². The standard InChI is InChI=1S/C12H20O7/c1-6(2)12(17)18-4-3-7-9(14)11(16)10(15)8(5-13)19-7/h7-11,13-16H,1,3-5H2,2H3/t7?,8-,9+,10-,11-/m1/s1. The van der Waals surface area contributed by atoms with Gasteiger partial charge in [0.1, 0.15) is 24.4 Å². The summed E-state index contributed by atoms with van der Waals surface area (Å²) in [7, 11) is 0. The van der Waals surface area contributed by atoms with Crippen LogP contribution < -0.4 is 0 Å². The van der Waals surface area contributed by atoms with Crippen LogP contribution >= 0.6 is 0 Å². The molecule has 110 valence electrons. The Balaban J connectivity index is 2.48. The Morgan fingerprint density at radius 2 is 1.79 bits per heavy atom. The molecular formula is C12H20O7. The molecule has 0 spiro atoms. The fraction of sp³-hybridized carbons (Fsp3) is 0.750. The van der Waals surface area contributed by atoms with Gasteiger partial charge in [0.25, 0.3) is 0 Å². The number of rotatable bonds is 5. The van der Waals surface area contributed by atoms with Crippen molar-refractivity contribution in [2.75, 3.05) is 13.2 Å². The van der Waals surface area contributed by atoms with Gasteiger partial charge in [-0.15, -0.1) is 0 Å². The van der Waals surface area contributed by atoms with Crippen molar-refractivity contribution >= 4 is 5.97 Å². The smallest absolute Gasteiger partial charge is 0.333 e. The summed E-state index contributed by atoms with van der Waals surface area (Å²) in [5.74, 6) is -0.551. The highest BCUT2D eigenvalue weighted by Gasteiger charge is 2.43. The van der Waals surface area contributed by atoms with Crippen LogP contribution in [0.3, 0.4) is 0 Å². The molecule has 0 aromatic carbocycles. The molecular weight excluding hydrogens is 256 g/mol. The maximum Gasteiger partial charge on any atom is 0.333 e. The predicted octanol–water partition coefficient (Wildman–Crippen LogP) is -1.66. The van der Waals surface area contributed by atoms with Crippen LogP contribution in [0.2, 0.25) is 0 Å². The van der Waals surface area contributed by atoms with Crippen molar-refractivity contribution in [2.45, 2.75) is 43.9 Å². The van der Waals surface area contributed by atoms with Gasteiger partial charge >= 0.3 is 5.97 Å². The van der Waals surface area contributed by atoms with E-state index in [9.17, 15) is 20.1 Å². The molecule has 0 aromatic heterocycles. The van der Waals surface area contributed by atoms with Crippen molar-refractivity contribution in [3.63, 3.8) is 0 Å². The highest BCUT2D eigenvalue weighted by Crippen LogP contribution is 2.23. The molecule has 5 atom stereocenters. The first-order chi connectivity index (χ1) is 8.88. The number of aliphatic hydroxyl groups is 4. The average Bonchev–Trinajstić information content (AvgIpc) is 2.38. The van der Waals surface area contributed by atoms with Gasteiger partial charge in [-0.05, 0) is 6.92 Å². The van der Waals surface area contributed by atoms with Gasteiger partial charge in [0, 0.05) is 12.0 Å². The average molecular weight is 276 g/mol. The molecule has 1 saturated heterocycles. The minimum atomic E-state index is -1.41. The summed E-state index contributed by atoms with van der Waals surface area (Å²) in [5.41, 5.74) is 0.258. The molecule has 7 heteroatoms. The van der Waals surface area contributed by atoms with Gasteiger partial charge in [-0.25, -0.2) is 4.79 Å². The lowest BCUT2D eigenvalue weighted by Crippen LogP contribution is -2.58. The first-order valence-electron chi connectivity index (χ1n) is 6.01. The van der Waals surface area contributed by atoms with E-state index in [0.717, 1.165) is 0 Å². The second kappa shape index (κ2) is 6.97. The maximum atomic E-state index is 11.1. The van der Waals surface area contributed by atoms with Crippen molar-refractivity contribution in [2.24, 2.45) is 0 Å². The fourth-order valence-corrected chi connectivity index (χ4v) is 1.81. The molecule has 7 nitrogen and oxygen atoms in total. The molecule has 1 aliphatic rings. The lowest BCUT2D eigenvalue weighted by molar-refractivity contribution is -0.232. The summed E-state index contributed by atoms with van der Waals surface area (Å²) in [6.07, 6.45) is -5.72. The minimum Gasteiger partial charge on any atom is -0.462 e. The number of ether oxygens (including phenoxy) is 2. The number of carbonyl (C=O) groups excluding carboxylic acids is 1. The lowest BCUT2D eigenvalue weighted by Gasteiger charge is -2.40. The Labute approximate surface area is 111 Å². The Bertz CT molecular complexity index is 328. The van der Waals surface area contributed by atoms with E-state index in [1.165, 1.54) is 6.92 Å². The van der Waals surface area contributed by atoms with E-state index in [1.807, 2.05) is 0 Å². The van der Waals surface area contributed by atoms with Crippen molar-refractivity contribution in [3.8, 4) is 0 Å². The predicted molar refractivity (Wildman–Crippen MR) is 64.2 cm³/mol. The topological polar surface area (TPSA) is 116 Å². The molecule has 4 N–H and O–H groups in total. The zero-order valence-corrected chi connectivity index (χ0v) is 10.7. The number of aliphatic hydroxyl groups excluding tert-OH is 4. The van der Waals surface area contributed by atoms with Gasteiger partial charge in [-0.2, -0.15) is 0 Å². The fourth-order valence-electron chi connectivity index (χ4n) is 1.81. The Kier molecular flexibility index (Phi) is 5.89. The molecule has 1 rings (SSSR count). The zero-order chi connectivity index (χ0) is 14.6. The third-order valence-corrected chi connectivity index (χ3v) is 2.98. The van der Waals surface area contributed by atoms with Crippen molar-refractivity contribution < 1.29 is 34.7 Å². The molecule has 1 unspecified atom stereocenters. The van der Waals surface area contributed by atoms with Gasteiger partial charge in [-0.1, -0.05) is 6.58 Å². The van der Waals surface area contributed by atoms with Gasteiger partial charge in [0.05, 0.1) is 19.3 Å². The highest BCUT2D eigenvalue weighted by molar-refractivity contribution is 5.86. The quantitative estimate of drug-likeness (QED) is 0.351. The molecule has 1 aliphatic heterocycles. The Hall–Kier alpha value is -0.990. The third-order valence-electron chi connectivity index (χ3n) is 2.98. The van der Waals surface area contributed by atoms with E-state index in [2.05, 4.69) is 6.58 Å². The molecule has 1 heterocycles. The number of hydrogen-bond acceptors (Lipinski definition) is 7. The van der Waals surface area contributed by atoms with Crippen molar-refractivity contribution in [1.29, 1.82) is 0 Å². The molecule has 1 fully saturated rings. The van der Waals surface area contributed by atoms with Gasteiger partial charge in [0.2, 0.25) is 0 Å². The summed E-state index contributed by atoms with van der Waals surface area (Å²) < 4.78 is 10.1. The maximum absolute atomic E-state index is 11.1. The van der Waals surface area contributed by atoms with Crippen LogP contribution in [0, 0.1) is 0 Å². The summed E-state index contributed by atoms with van der Waals surface area (Å²) in [6, 6.07) is 0. The molecule has 0 bridgehead atoms. The van der Waals surface area contributed by atoms with Gasteiger partial charge in [0.15, 0.2) is 0 Å². The van der Waals surface area contributed by atoms with Crippen molar-refractivity contribution in [3.05, 3.63) is 12.2 Å². The largest absolute Gasteiger partial charge is 0.462 e. The first-order valence-corrected chi connectivity index (χ1v) is 6.01. The van der Waals surface area contributed by atoms with E-state index >= 15 is 0 Å². The van der Waals surface area contributed by atoms with Crippen molar-refractivity contribution in [1.82, 2.24) is 0 Å². The van der Waals surface area contributed by atoms with Gasteiger partial charge in [-0.3, -0.25) is 0 Å². The van der Waals surface area contributed by atoms with E-state index in [0.29, 0.717) is 0 Å². The monoisotopic (exact) mass is 276 g/mol. The summed E-state index contributed by atoms with van der Waals surface area (Å²) >= 11 is 0. The number of hydrogen-bond donors (Lipinski definition) is 4. The number of esters is 1. The normalized spacial score (nSPS) is 34.9. The van der Waals surface area contributed by atoms with Crippen LogP contribution in [-0.4, -0.2) is 70.1 Å². The Morgan fingerprint density at radius 3 is 2.32 bits per heavy atom. The number of carbonyl (C=O) groups is 1. The van der Waals surface area contributed by atoms with Gasteiger partial charge < -0.3 is 29.9 Å². The SMILES string of the molecule is C=C(C)C(=O)OCCC1O[C@H](CO)[C@@H](O)[C@H](O)[C@H]1O. The van der Waals surface area contributed by atoms with Crippen LogP contribution in [0.4, 0.5) is 0 Å².